The molecule has 0 radical (unpaired) electrons. The number of piperidine rings is 1. The Hall–Kier alpha value is -3.25. The molecule has 2 aromatic rings. The van der Waals surface area contributed by atoms with Gasteiger partial charge in [0.25, 0.3) is 0 Å². The third-order valence-electron chi connectivity index (χ3n) is 7.55. The lowest BCUT2D eigenvalue weighted by atomic mass is 9.75. The summed E-state index contributed by atoms with van der Waals surface area (Å²) in [6.45, 7) is 2.05. The molecule has 12 nitrogen and oxygen atoms in total. The maximum Gasteiger partial charge on any atom is 0.333 e. The first-order valence-electron chi connectivity index (χ1n) is 11.7. The van der Waals surface area contributed by atoms with Crippen LogP contribution in [0.2, 0.25) is 0 Å². The molecule has 0 aromatic carbocycles. The van der Waals surface area contributed by atoms with Gasteiger partial charge in [0.2, 0.25) is 5.91 Å². The molecule has 1 unspecified atom stereocenters. The Morgan fingerprint density at radius 1 is 1.18 bits per heavy atom. The Morgan fingerprint density at radius 3 is 2.62 bits per heavy atom. The van der Waals surface area contributed by atoms with Gasteiger partial charge in [-0.05, 0) is 61.5 Å². The van der Waals surface area contributed by atoms with E-state index in [0.29, 0.717) is 29.7 Å². The molecule has 4 aliphatic rings. The molecule has 178 valence electrons. The van der Waals surface area contributed by atoms with E-state index in [4.69, 9.17) is 4.74 Å². The first kappa shape index (κ1) is 21.3. The molecule has 1 amide bonds. The van der Waals surface area contributed by atoms with Gasteiger partial charge >= 0.3 is 5.97 Å². The zero-order valence-electron chi connectivity index (χ0n) is 18.7. The molecule has 2 aromatic heterocycles. The number of carbonyl (C=O) groups excluding carboxylic acids is 2. The van der Waals surface area contributed by atoms with Gasteiger partial charge < -0.3 is 19.6 Å². The monoisotopic (exact) mass is 466 g/mol. The molecule has 1 aliphatic carbocycles. The molecule has 2 saturated heterocycles. The van der Waals surface area contributed by atoms with Crippen LogP contribution >= 0.6 is 0 Å². The molecular weight excluding hydrogens is 440 g/mol. The number of hydrogen-bond donors (Lipinski definition) is 1. The number of esters is 1. The van der Waals surface area contributed by atoms with Crippen LogP contribution in [0.5, 0.6) is 0 Å². The molecule has 3 aliphatic heterocycles. The number of ether oxygens (including phenoxy) is 1. The lowest BCUT2D eigenvalue weighted by molar-refractivity contribution is -0.139. The van der Waals surface area contributed by atoms with Crippen LogP contribution in [0, 0.1) is 11.3 Å². The van der Waals surface area contributed by atoms with E-state index in [0.717, 1.165) is 45.2 Å². The minimum Gasteiger partial charge on any atom is -0.456 e. The van der Waals surface area contributed by atoms with Crippen LogP contribution in [0.3, 0.4) is 0 Å². The molecule has 5 heterocycles. The maximum absolute atomic E-state index is 13.6. The zero-order valence-corrected chi connectivity index (χ0v) is 18.7. The summed E-state index contributed by atoms with van der Waals surface area (Å²) >= 11 is 0. The smallest absolute Gasteiger partial charge is 0.333 e. The van der Waals surface area contributed by atoms with Crippen molar-refractivity contribution >= 4 is 11.9 Å². The molecule has 12 heteroatoms. The average Bonchev–Trinajstić information content (AvgIpc) is 3.24. The van der Waals surface area contributed by atoms with Crippen LogP contribution in [0.15, 0.2) is 30.5 Å². The minimum atomic E-state index is -0.786. The summed E-state index contributed by atoms with van der Waals surface area (Å²) in [5.74, 6) is 0.767. The highest BCUT2D eigenvalue weighted by atomic mass is 16.5. The number of aliphatic hydroxyl groups excluding tert-OH is 1. The van der Waals surface area contributed by atoms with Gasteiger partial charge in [0.1, 0.15) is 19.0 Å². The number of hydrogen-bond acceptors (Lipinski definition) is 10. The van der Waals surface area contributed by atoms with Gasteiger partial charge in [0.15, 0.2) is 5.82 Å². The summed E-state index contributed by atoms with van der Waals surface area (Å²) in [5.41, 5.74) is 0.797. The number of rotatable bonds is 6. The largest absolute Gasteiger partial charge is 0.456 e. The van der Waals surface area contributed by atoms with E-state index >= 15 is 0 Å². The topological polar surface area (TPSA) is 139 Å². The minimum absolute atomic E-state index is 0.137. The summed E-state index contributed by atoms with van der Waals surface area (Å²) in [6.07, 6.45) is 9.76. The van der Waals surface area contributed by atoms with Crippen molar-refractivity contribution in [3.63, 3.8) is 0 Å². The van der Waals surface area contributed by atoms with Crippen LogP contribution in [0.4, 0.5) is 0 Å². The normalized spacial score (nSPS) is 25.6. The lowest BCUT2D eigenvalue weighted by Gasteiger charge is -2.38. The second-order valence-electron chi connectivity index (χ2n) is 9.68. The second-order valence-corrected chi connectivity index (χ2v) is 9.68. The average molecular weight is 467 g/mol. The SMILES string of the molecule is O=C1C=C(N2C(=O)C3(CCN(C[C@H](O)c4cnc(-n5cnnn5)cn4)CC3)CC2C2CC2)CO1. The van der Waals surface area contributed by atoms with Crippen molar-refractivity contribution in [1.82, 2.24) is 40.0 Å². The Labute approximate surface area is 195 Å². The van der Waals surface area contributed by atoms with Crippen molar-refractivity contribution in [2.45, 2.75) is 44.2 Å². The highest BCUT2D eigenvalue weighted by Gasteiger charge is 2.57. The fourth-order valence-electron chi connectivity index (χ4n) is 5.50. The predicted octanol–water partition coefficient (Wildman–Crippen LogP) is 0.0195. The number of β-amino-alcohol motifs (C(OH)–C–C–N with tert-alkyl or cyclic N) is 1. The van der Waals surface area contributed by atoms with E-state index in [-0.39, 0.29) is 24.5 Å². The molecule has 1 spiro atoms. The number of aliphatic hydroxyl groups is 1. The van der Waals surface area contributed by atoms with E-state index in [2.05, 4.69) is 30.4 Å². The van der Waals surface area contributed by atoms with Gasteiger partial charge in [0, 0.05) is 18.7 Å². The fourth-order valence-corrected chi connectivity index (χ4v) is 5.50. The highest BCUT2D eigenvalue weighted by molar-refractivity contribution is 5.91. The molecule has 34 heavy (non-hydrogen) atoms. The van der Waals surface area contributed by atoms with Crippen LogP contribution in [0.25, 0.3) is 5.82 Å². The third-order valence-corrected chi connectivity index (χ3v) is 7.55. The number of tetrazole rings is 1. The van der Waals surface area contributed by atoms with Crippen LogP contribution in [0.1, 0.15) is 43.9 Å². The molecule has 1 N–H and O–H groups in total. The van der Waals surface area contributed by atoms with Crippen molar-refractivity contribution in [3.05, 3.63) is 36.2 Å². The van der Waals surface area contributed by atoms with Crippen molar-refractivity contribution in [1.29, 1.82) is 0 Å². The van der Waals surface area contributed by atoms with Gasteiger partial charge in [-0.15, -0.1) is 5.10 Å². The van der Waals surface area contributed by atoms with Gasteiger partial charge in [-0.2, -0.15) is 4.68 Å². The van der Waals surface area contributed by atoms with Crippen molar-refractivity contribution < 1.29 is 19.4 Å². The van der Waals surface area contributed by atoms with E-state index in [1.165, 1.54) is 29.5 Å². The Morgan fingerprint density at radius 2 is 2.00 bits per heavy atom. The Balaban J connectivity index is 1.10. The first-order valence-corrected chi connectivity index (χ1v) is 11.7. The third kappa shape index (κ3) is 3.76. The van der Waals surface area contributed by atoms with Crippen molar-refractivity contribution in [2.75, 3.05) is 26.2 Å². The van der Waals surface area contributed by atoms with Crippen LogP contribution in [-0.2, 0) is 14.3 Å². The Kier molecular flexibility index (Phi) is 5.14. The Bertz CT molecular complexity index is 1110. The van der Waals surface area contributed by atoms with Gasteiger partial charge in [-0.1, -0.05) is 0 Å². The second kappa shape index (κ2) is 8.20. The van der Waals surface area contributed by atoms with Crippen LogP contribution < -0.4 is 0 Å². The number of aromatic nitrogens is 6. The summed E-state index contributed by atoms with van der Waals surface area (Å²) in [6, 6.07) is 0.166. The number of amides is 1. The van der Waals surface area contributed by atoms with E-state index < -0.39 is 11.5 Å². The molecule has 6 rings (SSSR count). The molecule has 0 bridgehead atoms. The van der Waals surface area contributed by atoms with Crippen molar-refractivity contribution in [2.24, 2.45) is 11.3 Å². The van der Waals surface area contributed by atoms with Crippen LogP contribution in [-0.4, -0.2) is 89.2 Å². The van der Waals surface area contributed by atoms with Crippen molar-refractivity contribution in [3.8, 4) is 5.82 Å². The predicted molar refractivity (Wildman–Crippen MR) is 115 cm³/mol. The first-order chi connectivity index (χ1) is 16.5. The summed E-state index contributed by atoms with van der Waals surface area (Å²) in [4.78, 5) is 37.9. The van der Waals surface area contributed by atoms with Gasteiger partial charge in [0.05, 0.1) is 29.2 Å². The summed E-state index contributed by atoms with van der Waals surface area (Å²) in [7, 11) is 0. The van der Waals surface area contributed by atoms with E-state index in [1.807, 2.05) is 4.90 Å². The zero-order chi connectivity index (χ0) is 23.3. The van der Waals surface area contributed by atoms with E-state index in [9.17, 15) is 14.7 Å². The summed E-state index contributed by atoms with van der Waals surface area (Å²) in [5, 5.41) is 21.6. The number of nitrogens with zero attached hydrogens (tertiary/aromatic N) is 8. The number of cyclic esters (lactones) is 1. The molecular formula is C22H26N8O4. The van der Waals surface area contributed by atoms with E-state index in [1.54, 1.807) is 0 Å². The van der Waals surface area contributed by atoms with Gasteiger partial charge in [-0.3, -0.25) is 9.78 Å². The lowest BCUT2D eigenvalue weighted by Crippen LogP contribution is -2.45. The number of likely N-dealkylation sites (tertiary alicyclic amines) is 2. The summed E-state index contributed by atoms with van der Waals surface area (Å²) < 4.78 is 6.49. The molecule has 1 saturated carbocycles. The standard InChI is InChI=1S/C22H26N8O4/c31-18(16-9-24-19(10-23-16)29-13-25-26-27-29)11-28-5-3-22(4-6-28)8-17(14-1-2-14)30(21(22)33)15-7-20(32)34-12-15/h7,9-10,13-14,17-18,31H,1-6,8,11-12H2/t17?,18-/m0/s1. The van der Waals surface area contributed by atoms with Gasteiger partial charge in [-0.25, -0.2) is 9.78 Å². The fraction of sp³-hybridized carbons (Fsp3) is 0.591. The number of carbonyl (C=O) groups is 2. The molecule has 2 atom stereocenters. The highest BCUT2D eigenvalue weighted by Crippen LogP contribution is 2.52. The quantitative estimate of drug-likeness (QED) is 0.580. The maximum atomic E-state index is 13.6. The molecule has 3 fully saturated rings.